The monoisotopic (exact) mass is 498 g/mol. The third-order valence-corrected chi connectivity index (χ3v) is 6.97. The predicted molar refractivity (Wildman–Crippen MR) is 135 cm³/mol. The summed E-state index contributed by atoms with van der Waals surface area (Å²) in [6.45, 7) is 6.49. The second-order valence-corrected chi connectivity index (χ2v) is 11.1. The summed E-state index contributed by atoms with van der Waals surface area (Å²) in [6.07, 6.45) is 0.142. The number of methoxy groups -OCH3 is 1. The van der Waals surface area contributed by atoms with E-state index in [1.165, 1.54) is 19.2 Å². The molecule has 0 aliphatic carbocycles. The average Bonchev–Trinajstić information content (AvgIpc) is 3.28. The number of hydrogen-bond donors (Lipinski definition) is 1. The molecule has 9 heteroatoms. The number of fused-ring (bicyclic) bond motifs is 1. The van der Waals surface area contributed by atoms with Crippen LogP contribution in [0.2, 0.25) is 0 Å². The lowest BCUT2D eigenvalue weighted by Gasteiger charge is -2.24. The Morgan fingerprint density at radius 2 is 1.69 bits per heavy atom. The van der Waals surface area contributed by atoms with Gasteiger partial charge in [0, 0.05) is 23.7 Å². The smallest absolute Gasteiger partial charge is 0.410 e. The Morgan fingerprint density at radius 3 is 2.34 bits per heavy atom. The molecule has 1 atom stereocenters. The Morgan fingerprint density at radius 1 is 1.00 bits per heavy atom. The molecule has 8 nitrogen and oxygen atoms in total. The molecular formula is C26H30N2O6S. The van der Waals surface area contributed by atoms with Gasteiger partial charge in [-0.05, 0) is 57.2 Å². The van der Waals surface area contributed by atoms with Crippen molar-refractivity contribution in [3.05, 3.63) is 60.7 Å². The molecule has 0 spiro atoms. The summed E-state index contributed by atoms with van der Waals surface area (Å²) >= 11 is 0. The van der Waals surface area contributed by atoms with Crippen LogP contribution in [0.5, 0.6) is 11.5 Å². The van der Waals surface area contributed by atoms with Crippen LogP contribution in [0.4, 0.5) is 10.5 Å². The van der Waals surface area contributed by atoms with Crippen LogP contribution in [-0.2, 0) is 14.8 Å². The molecule has 3 aromatic rings. The number of nitrogens with one attached hydrogen (secondary N) is 1. The molecule has 1 aliphatic rings. The van der Waals surface area contributed by atoms with Crippen molar-refractivity contribution in [2.45, 2.75) is 43.8 Å². The van der Waals surface area contributed by atoms with Crippen LogP contribution < -0.4 is 14.2 Å². The molecule has 1 fully saturated rings. The maximum Gasteiger partial charge on any atom is 0.410 e. The van der Waals surface area contributed by atoms with Crippen molar-refractivity contribution in [3.63, 3.8) is 0 Å². The lowest BCUT2D eigenvalue weighted by atomic mass is 10.1. The Hall–Kier alpha value is -3.46. The average molecular weight is 499 g/mol. The second-order valence-electron chi connectivity index (χ2n) is 9.39. The van der Waals surface area contributed by atoms with E-state index in [4.69, 9.17) is 14.2 Å². The fourth-order valence-corrected chi connectivity index (χ4v) is 5.00. The van der Waals surface area contributed by atoms with Crippen molar-refractivity contribution in [2.75, 3.05) is 24.9 Å². The van der Waals surface area contributed by atoms with E-state index < -0.39 is 15.6 Å². The number of sulfonamides is 1. The second kappa shape index (κ2) is 9.65. The molecule has 35 heavy (non-hydrogen) atoms. The van der Waals surface area contributed by atoms with Crippen molar-refractivity contribution < 1.29 is 27.4 Å². The number of hydrogen-bond acceptors (Lipinski definition) is 6. The summed E-state index contributed by atoms with van der Waals surface area (Å²) < 4.78 is 45.5. The van der Waals surface area contributed by atoms with E-state index in [-0.39, 0.29) is 17.1 Å². The molecule has 0 saturated carbocycles. The highest BCUT2D eigenvalue weighted by Gasteiger charge is 2.31. The van der Waals surface area contributed by atoms with E-state index in [1.807, 2.05) is 45.0 Å². The van der Waals surface area contributed by atoms with Crippen LogP contribution in [0.25, 0.3) is 10.8 Å². The van der Waals surface area contributed by atoms with Crippen molar-refractivity contribution in [3.8, 4) is 11.5 Å². The lowest BCUT2D eigenvalue weighted by Crippen LogP contribution is -2.36. The van der Waals surface area contributed by atoms with Gasteiger partial charge in [-0.3, -0.25) is 4.72 Å². The van der Waals surface area contributed by atoms with E-state index >= 15 is 0 Å². The molecule has 3 aromatic carbocycles. The van der Waals surface area contributed by atoms with Crippen molar-refractivity contribution in [1.82, 2.24) is 4.90 Å². The number of nitrogens with zero attached hydrogens (tertiary/aromatic N) is 1. The first-order valence-electron chi connectivity index (χ1n) is 11.4. The third-order valence-electron chi connectivity index (χ3n) is 5.59. The van der Waals surface area contributed by atoms with Gasteiger partial charge >= 0.3 is 6.09 Å². The van der Waals surface area contributed by atoms with E-state index in [9.17, 15) is 13.2 Å². The van der Waals surface area contributed by atoms with E-state index in [0.717, 1.165) is 5.39 Å². The zero-order chi connectivity index (χ0) is 25.2. The molecule has 1 aliphatic heterocycles. The van der Waals surface area contributed by atoms with Gasteiger partial charge in [0.25, 0.3) is 10.0 Å². The Balaban J connectivity index is 1.53. The van der Waals surface area contributed by atoms with Crippen LogP contribution in [0.1, 0.15) is 27.2 Å². The fourth-order valence-electron chi connectivity index (χ4n) is 3.92. The van der Waals surface area contributed by atoms with Crippen molar-refractivity contribution >= 4 is 32.6 Å². The van der Waals surface area contributed by atoms with E-state index in [2.05, 4.69) is 4.72 Å². The molecule has 1 saturated heterocycles. The minimum atomic E-state index is -3.80. The first-order valence-corrected chi connectivity index (χ1v) is 12.9. The zero-order valence-electron chi connectivity index (χ0n) is 20.3. The SMILES string of the molecule is COc1ccc(S(=O)(=O)Nc2ccc(OC3CCN(C(=O)OC(C)(C)C)C3)c3ccccc23)cc1. The Kier molecular flexibility index (Phi) is 6.80. The maximum atomic E-state index is 13.0. The van der Waals surface area contributed by atoms with Gasteiger partial charge in [0.05, 0.1) is 24.2 Å². The molecular weight excluding hydrogens is 468 g/mol. The van der Waals surface area contributed by atoms with Gasteiger partial charge in [-0.1, -0.05) is 24.3 Å². The van der Waals surface area contributed by atoms with Crippen LogP contribution in [0, 0.1) is 0 Å². The summed E-state index contributed by atoms with van der Waals surface area (Å²) in [7, 11) is -2.28. The highest BCUT2D eigenvalue weighted by Crippen LogP contribution is 2.34. The molecule has 1 N–H and O–H groups in total. The number of ether oxygens (including phenoxy) is 3. The molecule has 1 heterocycles. The number of likely N-dealkylation sites (tertiary alicyclic amines) is 1. The Bertz CT molecular complexity index is 1320. The van der Waals surface area contributed by atoms with Gasteiger partial charge in [0.15, 0.2) is 0 Å². The molecule has 0 bridgehead atoms. The largest absolute Gasteiger partial charge is 0.497 e. The van der Waals surface area contributed by atoms with Gasteiger partial charge in [0.2, 0.25) is 0 Å². The summed E-state index contributed by atoms with van der Waals surface area (Å²) in [5.41, 5.74) is -0.105. The number of anilines is 1. The van der Waals surface area contributed by atoms with E-state index in [1.54, 1.807) is 29.2 Å². The van der Waals surface area contributed by atoms with Gasteiger partial charge in [-0.2, -0.15) is 0 Å². The first kappa shape index (κ1) is 24.7. The third kappa shape index (κ3) is 5.79. The summed E-state index contributed by atoms with van der Waals surface area (Å²) in [5.74, 6) is 1.21. The number of benzene rings is 3. The minimum Gasteiger partial charge on any atom is -0.497 e. The van der Waals surface area contributed by atoms with Crippen molar-refractivity contribution in [2.24, 2.45) is 0 Å². The zero-order valence-corrected chi connectivity index (χ0v) is 21.1. The van der Waals surface area contributed by atoms with Crippen LogP contribution in [-0.4, -0.2) is 51.3 Å². The highest BCUT2D eigenvalue weighted by molar-refractivity contribution is 7.92. The molecule has 186 valence electrons. The summed E-state index contributed by atoms with van der Waals surface area (Å²) in [4.78, 5) is 14.2. The van der Waals surface area contributed by atoms with Crippen LogP contribution in [0.15, 0.2) is 65.6 Å². The van der Waals surface area contributed by atoms with Crippen LogP contribution >= 0.6 is 0 Å². The lowest BCUT2D eigenvalue weighted by molar-refractivity contribution is 0.0276. The van der Waals surface area contributed by atoms with Gasteiger partial charge in [-0.15, -0.1) is 0 Å². The first-order chi connectivity index (χ1) is 16.6. The van der Waals surface area contributed by atoms with Crippen LogP contribution in [0.3, 0.4) is 0 Å². The molecule has 1 unspecified atom stereocenters. The summed E-state index contributed by atoms with van der Waals surface area (Å²) in [6, 6.07) is 17.1. The summed E-state index contributed by atoms with van der Waals surface area (Å²) in [5, 5.41) is 1.49. The molecule has 0 radical (unpaired) electrons. The topological polar surface area (TPSA) is 94.2 Å². The predicted octanol–water partition coefficient (Wildman–Crippen LogP) is 5.04. The van der Waals surface area contributed by atoms with Crippen molar-refractivity contribution in [1.29, 1.82) is 0 Å². The van der Waals surface area contributed by atoms with Gasteiger partial charge in [-0.25, -0.2) is 13.2 Å². The fraction of sp³-hybridized carbons (Fsp3) is 0.346. The number of amides is 1. The molecule has 0 aromatic heterocycles. The normalized spacial score (nSPS) is 16.2. The number of carbonyl (C=O) groups excluding carboxylic acids is 1. The standard InChI is InChI=1S/C26H30N2O6S/c1-26(2,3)34-25(29)28-16-15-19(17-28)33-24-14-13-23(21-7-5-6-8-22(21)24)27-35(30,31)20-11-9-18(32-4)10-12-20/h5-14,19,27H,15-17H2,1-4H3. The van der Waals surface area contributed by atoms with Gasteiger partial charge in [0.1, 0.15) is 23.2 Å². The molecule has 4 rings (SSSR count). The number of carbonyl (C=O) groups is 1. The maximum absolute atomic E-state index is 13.0. The quantitative estimate of drug-likeness (QED) is 0.512. The van der Waals surface area contributed by atoms with E-state index in [0.29, 0.717) is 42.1 Å². The Labute approximate surface area is 205 Å². The minimum absolute atomic E-state index is 0.135. The highest BCUT2D eigenvalue weighted by atomic mass is 32.2. The number of rotatable bonds is 6. The van der Waals surface area contributed by atoms with Gasteiger partial charge < -0.3 is 19.1 Å². The molecule has 1 amide bonds.